The van der Waals surface area contributed by atoms with Crippen molar-refractivity contribution in [2.24, 2.45) is 22.2 Å². The quantitative estimate of drug-likeness (QED) is 0.688. The van der Waals surface area contributed by atoms with Gasteiger partial charge in [-0.1, -0.05) is 50.6 Å². The maximum Gasteiger partial charge on any atom is 0.165 e. The molecule has 0 amide bonds. The third kappa shape index (κ3) is 1.07. The Morgan fingerprint density at radius 3 is 2.35 bits per heavy atom. The minimum Gasteiger partial charge on any atom is -0.294 e. The van der Waals surface area contributed by atoms with Crippen LogP contribution in [-0.2, 0) is 4.79 Å². The Morgan fingerprint density at radius 2 is 1.80 bits per heavy atom. The Labute approximate surface area is 121 Å². The van der Waals surface area contributed by atoms with Crippen LogP contribution in [0.1, 0.15) is 44.7 Å². The van der Waals surface area contributed by atoms with E-state index in [-0.39, 0.29) is 10.8 Å². The van der Waals surface area contributed by atoms with Gasteiger partial charge in [0.2, 0.25) is 0 Å². The molecule has 0 heterocycles. The third-order valence-electron chi connectivity index (χ3n) is 7.03. The van der Waals surface area contributed by atoms with E-state index in [4.69, 9.17) is 0 Å². The van der Waals surface area contributed by atoms with Gasteiger partial charge in [0.15, 0.2) is 5.78 Å². The van der Waals surface area contributed by atoms with Gasteiger partial charge in [-0.05, 0) is 48.2 Å². The van der Waals surface area contributed by atoms with Crippen molar-refractivity contribution >= 4 is 11.9 Å². The molecule has 0 saturated heterocycles. The van der Waals surface area contributed by atoms with Crippen LogP contribution in [0.25, 0.3) is 6.08 Å². The first-order valence-corrected chi connectivity index (χ1v) is 7.65. The Morgan fingerprint density at radius 1 is 1.15 bits per heavy atom. The molecule has 104 valence electrons. The highest BCUT2D eigenvalue weighted by Crippen LogP contribution is 2.86. The van der Waals surface area contributed by atoms with Crippen molar-refractivity contribution in [1.82, 2.24) is 0 Å². The fraction of sp³-hybridized carbons (Fsp3) is 0.526. The average Bonchev–Trinajstić information content (AvgIpc) is 2.49. The molecule has 3 aliphatic carbocycles. The summed E-state index contributed by atoms with van der Waals surface area (Å²) in [4.78, 5) is 12.9. The van der Waals surface area contributed by atoms with Crippen molar-refractivity contribution in [3.8, 4) is 0 Å². The van der Waals surface area contributed by atoms with Crippen LogP contribution in [0.2, 0.25) is 0 Å². The topological polar surface area (TPSA) is 17.1 Å². The fourth-order valence-corrected chi connectivity index (χ4v) is 5.54. The molecule has 4 unspecified atom stereocenters. The van der Waals surface area contributed by atoms with Gasteiger partial charge in [-0.25, -0.2) is 0 Å². The number of Topliss-reactive ketones (excluding diaryl/α,β-unsaturated/α-hetero) is 1. The molecule has 1 aromatic rings. The van der Waals surface area contributed by atoms with Crippen LogP contribution in [0.3, 0.4) is 0 Å². The van der Waals surface area contributed by atoms with E-state index in [1.165, 1.54) is 17.5 Å². The number of hydrogen-bond acceptors (Lipinski definition) is 1. The van der Waals surface area contributed by atoms with Crippen LogP contribution >= 0.6 is 0 Å². The summed E-state index contributed by atoms with van der Waals surface area (Å²) in [6, 6.07) is 8.49. The van der Waals surface area contributed by atoms with Crippen molar-refractivity contribution in [2.45, 2.75) is 40.5 Å². The number of rotatable bonds is 1. The van der Waals surface area contributed by atoms with Gasteiger partial charge in [-0.15, -0.1) is 0 Å². The average molecular weight is 266 g/mol. The van der Waals surface area contributed by atoms with Crippen LogP contribution in [-0.4, -0.2) is 5.78 Å². The molecule has 3 saturated carbocycles. The van der Waals surface area contributed by atoms with Crippen LogP contribution in [0, 0.1) is 29.1 Å². The summed E-state index contributed by atoms with van der Waals surface area (Å²) in [6.45, 7) is 9.00. The van der Waals surface area contributed by atoms with Crippen molar-refractivity contribution in [3.63, 3.8) is 0 Å². The minimum atomic E-state index is -0.0960. The summed E-state index contributed by atoms with van der Waals surface area (Å²) >= 11 is 0. The van der Waals surface area contributed by atoms with E-state index in [0.29, 0.717) is 17.1 Å². The lowest BCUT2D eigenvalue weighted by molar-refractivity contribution is -0.262. The normalized spacial score (nSPS) is 46.9. The molecule has 0 aliphatic heterocycles. The Bertz CT molecular complexity index is 653. The smallest absolute Gasteiger partial charge is 0.165 e. The van der Waals surface area contributed by atoms with Gasteiger partial charge in [0, 0.05) is 11.0 Å². The molecule has 0 N–H and O–H groups in total. The molecular formula is C19H22O. The lowest BCUT2D eigenvalue weighted by Gasteiger charge is -2.74. The van der Waals surface area contributed by atoms with E-state index >= 15 is 0 Å². The summed E-state index contributed by atoms with van der Waals surface area (Å²) in [5.41, 5.74) is 4.05. The summed E-state index contributed by atoms with van der Waals surface area (Å²) in [5, 5.41) is 0. The molecule has 4 atom stereocenters. The summed E-state index contributed by atoms with van der Waals surface area (Å²) in [7, 11) is 0. The zero-order valence-electron chi connectivity index (χ0n) is 12.8. The van der Waals surface area contributed by atoms with Crippen LogP contribution in [0.15, 0.2) is 29.8 Å². The maximum atomic E-state index is 12.9. The molecule has 20 heavy (non-hydrogen) atoms. The van der Waals surface area contributed by atoms with Gasteiger partial charge in [0.25, 0.3) is 0 Å². The minimum absolute atomic E-state index is 0.0960. The Balaban J connectivity index is 1.78. The predicted octanol–water partition coefficient (Wildman–Crippen LogP) is 4.40. The highest BCUT2D eigenvalue weighted by Gasteiger charge is 2.83. The Hall–Kier alpha value is -1.37. The second kappa shape index (κ2) is 3.27. The van der Waals surface area contributed by atoms with Gasteiger partial charge in [-0.2, -0.15) is 0 Å². The number of allylic oxidation sites excluding steroid dienone is 1. The highest BCUT2D eigenvalue weighted by atomic mass is 16.1. The standard InChI is InChI=1S/C19H22O/c1-12-5-7-13(8-6-12)9-14-15-10-17(2)11-18(3,16(14)20)19(15,17)4/h5-9,15H,10-11H2,1-4H3/b14-9+. The molecule has 1 heteroatoms. The Kier molecular flexibility index (Phi) is 2.02. The van der Waals surface area contributed by atoms with E-state index in [9.17, 15) is 4.79 Å². The predicted molar refractivity (Wildman–Crippen MR) is 81.2 cm³/mol. The summed E-state index contributed by atoms with van der Waals surface area (Å²) < 4.78 is 0. The van der Waals surface area contributed by atoms with E-state index in [1.54, 1.807) is 0 Å². The number of benzene rings is 1. The zero-order chi connectivity index (χ0) is 14.3. The maximum absolute atomic E-state index is 12.9. The molecule has 3 aliphatic rings. The molecular weight excluding hydrogens is 244 g/mol. The van der Waals surface area contributed by atoms with Crippen LogP contribution in [0.5, 0.6) is 0 Å². The molecule has 3 fully saturated rings. The van der Waals surface area contributed by atoms with Crippen molar-refractivity contribution in [1.29, 1.82) is 0 Å². The first-order valence-electron chi connectivity index (χ1n) is 7.65. The zero-order valence-corrected chi connectivity index (χ0v) is 12.8. The monoisotopic (exact) mass is 266 g/mol. The number of carbonyl (C=O) groups excluding carboxylic acids is 1. The van der Waals surface area contributed by atoms with Crippen molar-refractivity contribution < 1.29 is 4.79 Å². The molecule has 0 radical (unpaired) electrons. The van der Waals surface area contributed by atoms with Crippen molar-refractivity contribution in [3.05, 3.63) is 41.0 Å². The van der Waals surface area contributed by atoms with Gasteiger partial charge >= 0.3 is 0 Å². The second-order valence-electron chi connectivity index (χ2n) is 7.87. The fourth-order valence-electron chi connectivity index (χ4n) is 5.54. The first kappa shape index (κ1) is 12.4. The van der Waals surface area contributed by atoms with Gasteiger partial charge in [0.1, 0.15) is 0 Å². The lowest BCUT2D eigenvalue weighted by atomic mass is 9.28. The number of aryl methyl sites for hydroxylation is 1. The van der Waals surface area contributed by atoms with E-state index in [1.807, 2.05) is 0 Å². The SMILES string of the molecule is Cc1ccc(/C=C2/C(=O)C3(C)CC4(C)CC2C43C)cc1. The third-order valence-corrected chi connectivity index (χ3v) is 7.03. The van der Waals surface area contributed by atoms with Gasteiger partial charge in [-0.3, -0.25) is 4.79 Å². The summed E-state index contributed by atoms with van der Waals surface area (Å²) in [5.74, 6) is 0.903. The molecule has 0 spiro atoms. The number of hydrogen-bond donors (Lipinski definition) is 0. The molecule has 4 rings (SSSR count). The van der Waals surface area contributed by atoms with Crippen molar-refractivity contribution in [2.75, 3.05) is 0 Å². The largest absolute Gasteiger partial charge is 0.294 e. The van der Waals surface area contributed by atoms with Crippen LogP contribution < -0.4 is 0 Å². The number of carbonyl (C=O) groups is 1. The highest BCUT2D eigenvalue weighted by molar-refractivity contribution is 6.09. The van der Waals surface area contributed by atoms with E-state index in [0.717, 1.165) is 12.0 Å². The first-order chi connectivity index (χ1) is 9.32. The number of ketones is 1. The van der Waals surface area contributed by atoms with Crippen LogP contribution in [0.4, 0.5) is 0 Å². The molecule has 0 aromatic heterocycles. The second-order valence-corrected chi connectivity index (χ2v) is 7.87. The molecule has 1 aromatic carbocycles. The van der Waals surface area contributed by atoms with Gasteiger partial charge in [0.05, 0.1) is 0 Å². The molecule has 0 bridgehead atoms. The van der Waals surface area contributed by atoms with E-state index < -0.39 is 0 Å². The molecule has 1 nitrogen and oxygen atoms in total. The summed E-state index contributed by atoms with van der Waals surface area (Å²) in [6.07, 6.45) is 4.43. The van der Waals surface area contributed by atoms with E-state index in [2.05, 4.69) is 58.0 Å². The lowest BCUT2D eigenvalue weighted by Crippen LogP contribution is -2.70. The van der Waals surface area contributed by atoms with Gasteiger partial charge < -0.3 is 0 Å².